The van der Waals surface area contributed by atoms with Gasteiger partial charge in [0.1, 0.15) is 12.6 Å². The van der Waals surface area contributed by atoms with Crippen molar-refractivity contribution < 1.29 is 27.5 Å². The molecule has 1 N–H and O–H groups in total. The Morgan fingerprint density at radius 2 is 1.81 bits per heavy atom. The third kappa shape index (κ3) is 6.70. The van der Waals surface area contributed by atoms with Crippen molar-refractivity contribution in [2.24, 2.45) is 0 Å². The first kappa shape index (κ1) is 27.8. The van der Waals surface area contributed by atoms with E-state index in [2.05, 4.69) is 21.2 Å². The first-order chi connectivity index (χ1) is 17.1. The number of hydrogen-bond donors (Lipinski definition) is 1. The Morgan fingerprint density at radius 1 is 1.08 bits per heavy atom. The van der Waals surface area contributed by atoms with E-state index in [0.717, 1.165) is 20.8 Å². The van der Waals surface area contributed by atoms with E-state index in [1.807, 2.05) is 38.1 Å². The molecule has 2 amide bonds. The van der Waals surface area contributed by atoms with Gasteiger partial charge in [-0.3, -0.25) is 13.9 Å². The van der Waals surface area contributed by atoms with Crippen LogP contribution in [0.4, 0.5) is 5.69 Å². The van der Waals surface area contributed by atoms with Gasteiger partial charge in [0, 0.05) is 23.1 Å². The molecule has 36 heavy (non-hydrogen) atoms. The number of halogens is 1. The SMILES string of the molecule is CC[C@H](C)NC(=O)[C@H](C)N(Cc1cccc(Br)c1)C(=O)CN(c1ccc2c(c1)OCO2)S(=O)(=O)CC. The molecular formula is C25H32BrN3O6S. The van der Waals surface area contributed by atoms with Gasteiger partial charge in [0.25, 0.3) is 0 Å². The van der Waals surface area contributed by atoms with Crippen molar-refractivity contribution in [2.75, 3.05) is 23.4 Å². The maximum Gasteiger partial charge on any atom is 0.244 e. The number of anilines is 1. The molecule has 1 heterocycles. The number of carbonyl (C=O) groups excluding carboxylic acids is 2. The largest absolute Gasteiger partial charge is 0.454 e. The molecule has 0 fully saturated rings. The smallest absolute Gasteiger partial charge is 0.244 e. The second-order valence-electron chi connectivity index (χ2n) is 8.59. The molecule has 0 radical (unpaired) electrons. The fourth-order valence-corrected chi connectivity index (χ4v) is 5.14. The highest BCUT2D eigenvalue weighted by molar-refractivity contribution is 9.10. The van der Waals surface area contributed by atoms with Crippen LogP contribution in [0.15, 0.2) is 46.9 Å². The zero-order valence-corrected chi connectivity index (χ0v) is 23.3. The number of benzene rings is 2. The summed E-state index contributed by atoms with van der Waals surface area (Å²) in [5.41, 5.74) is 1.09. The van der Waals surface area contributed by atoms with E-state index < -0.39 is 28.5 Å². The van der Waals surface area contributed by atoms with Crippen molar-refractivity contribution in [1.82, 2.24) is 10.2 Å². The summed E-state index contributed by atoms with van der Waals surface area (Å²) >= 11 is 3.44. The summed E-state index contributed by atoms with van der Waals surface area (Å²) in [7, 11) is -3.83. The van der Waals surface area contributed by atoms with Gasteiger partial charge in [-0.2, -0.15) is 0 Å². The van der Waals surface area contributed by atoms with Crippen LogP contribution in [0.3, 0.4) is 0 Å². The predicted octanol–water partition coefficient (Wildman–Crippen LogP) is 3.67. The molecule has 0 aliphatic carbocycles. The lowest BCUT2D eigenvalue weighted by Crippen LogP contribution is -2.52. The topological polar surface area (TPSA) is 105 Å². The van der Waals surface area contributed by atoms with E-state index in [0.29, 0.717) is 11.5 Å². The third-order valence-electron chi connectivity index (χ3n) is 6.03. The Balaban J connectivity index is 1.94. The molecule has 1 aliphatic heterocycles. The second kappa shape index (κ2) is 12.0. The molecule has 2 aromatic carbocycles. The van der Waals surface area contributed by atoms with Crippen LogP contribution in [0.5, 0.6) is 11.5 Å². The number of hydrogen-bond acceptors (Lipinski definition) is 6. The highest BCUT2D eigenvalue weighted by atomic mass is 79.9. The molecule has 9 nitrogen and oxygen atoms in total. The van der Waals surface area contributed by atoms with Gasteiger partial charge in [0.2, 0.25) is 28.6 Å². The minimum Gasteiger partial charge on any atom is -0.454 e. The number of fused-ring (bicyclic) bond motifs is 1. The molecule has 2 aromatic rings. The maximum absolute atomic E-state index is 13.7. The first-order valence-electron chi connectivity index (χ1n) is 11.8. The van der Waals surface area contributed by atoms with E-state index in [9.17, 15) is 18.0 Å². The van der Waals surface area contributed by atoms with E-state index in [1.54, 1.807) is 25.1 Å². The molecule has 11 heteroatoms. The number of nitrogens with one attached hydrogen (secondary N) is 1. The Kier molecular flexibility index (Phi) is 9.24. The summed E-state index contributed by atoms with van der Waals surface area (Å²) in [5, 5.41) is 2.91. The summed E-state index contributed by atoms with van der Waals surface area (Å²) in [6.45, 7) is 6.72. The zero-order chi connectivity index (χ0) is 26.5. The second-order valence-corrected chi connectivity index (χ2v) is 11.7. The number of sulfonamides is 1. The lowest BCUT2D eigenvalue weighted by molar-refractivity contribution is -0.139. The van der Waals surface area contributed by atoms with Crippen LogP contribution in [0.1, 0.15) is 39.7 Å². The molecule has 3 rings (SSSR count). The van der Waals surface area contributed by atoms with Crippen LogP contribution in [0.2, 0.25) is 0 Å². The highest BCUT2D eigenvalue weighted by Gasteiger charge is 2.32. The third-order valence-corrected chi connectivity index (χ3v) is 8.27. The van der Waals surface area contributed by atoms with Gasteiger partial charge in [-0.05, 0) is 57.0 Å². The molecule has 2 atom stereocenters. The molecule has 0 saturated carbocycles. The molecule has 0 spiro atoms. The van der Waals surface area contributed by atoms with Crippen LogP contribution < -0.4 is 19.1 Å². The molecule has 0 unspecified atom stereocenters. The fraction of sp³-hybridized carbons (Fsp3) is 0.440. The summed E-state index contributed by atoms with van der Waals surface area (Å²) in [4.78, 5) is 28.1. The molecule has 0 bridgehead atoms. The number of rotatable bonds is 11. The van der Waals surface area contributed by atoms with E-state index >= 15 is 0 Å². The van der Waals surface area contributed by atoms with Crippen molar-refractivity contribution in [2.45, 2.75) is 52.7 Å². The van der Waals surface area contributed by atoms with Crippen LogP contribution in [0, 0.1) is 0 Å². The van der Waals surface area contributed by atoms with Gasteiger partial charge in [0.05, 0.1) is 11.4 Å². The Bertz CT molecular complexity index is 1210. The first-order valence-corrected chi connectivity index (χ1v) is 14.2. The van der Waals surface area contributed by atoms with Crippen LogP contribution in [0.25, 0.3) is 0 Å². The van der Waals surface area contributed by atoms with Gasteiger partial charge in [-0.25, -0.2) is 8.42 Å². The summed E-state index contributed by atoms with van der Waals surface area (Å²) in [5.74, 6) is -0.101. The van der Waals surface area contributed by atoms with Gasteiger partial charge < -0.3 is 19.7 Å². The minimum absolute atomic E-state index is 0.0431. The van der Waals surface area contributed by atoms with Crippen LogP contribution in [-0.2, 0) is 26.2 Å². The maximum atomic E-state index is 13.7. The Hall–Kier alpha value is -2.79. The summed E-state index contributed by atoms with van der Waals surface area (Å²) in [6, 6.07) is 11.3. The summed E-state index contributed by atoms with van der Waals surface area (Å²) < 4.78 is 38.7. The molecular weight excluding hydrogens is 550 g/mol. The van der Waals surface area contributed by atoms with E-state index in [4.69, 9.17) is 9.47 Å². The van der Waals surface area contributed by atoms with E-state index in [1.165, 1.54) is 11.8 Å². The monoisotopic (exact) mass is 581 g/mol. The number of amides is 2. The van der Waals surface area contributed by atoms with Gasteiger partial charge in [0.15, 0.2) is 11.5 Å². The van der Waals surface area contributed by atoms with E-state index in [-0.39, 0.29) is 36.7 Å². The lowest BCUT2D eigenvalue weighted by Gasteiger charge is -2.32. The molecule has 0 saturated heterocycles. The van der Waals surface area contributed by atoms with Gasteiger partial charge in [-0.15, -0.1) is 0 Å². The highest BCUT2D eigenvalue weighted by Crippen LogP contribution is 2.36. The zero-order valence-electron chi connectivity index (χ0n) is 20.9. The average molecular weight is 583 g/mol. The van der Waals surface area contributed by atoms with Gasteiger partial charge in [-0.1, -0.05) is 35.0 Å². The number of carbonyl (C=O) groups is 2. The van der Waals surface area contributed by atoms with Crippen molar-refractivity contribution in [3.05, 3.63) is 52.5 Å². The molecule has 196 valence electrons. The van der Waals surface area contributed by atoms with Crippen LogP contribution >= 0.6 is 15.9 Å². The number of ether oxygens (including phenoxy) is 2. The van der Waals surface area contributed by atoms with Crippen molar-refractivity contribution in [3.8, 4) is 11.5 Å². The normalized spacial score (nSPS) is 14.1. The lowest BCUT2D eigenvalue weighted by atomic mass is 10.1. The molecule has 0 aromatic heterocycles. The molecule has 1 aliphatic rings. The summed E-state index contributed by atoms with van der Waals surface area (Å²) in [6.07, 6.45) is 0.741. The van der Waals surface area contributed by atoms with Crippen molar-refractivity contribution in [1.29, 1.82) is 0 Å². The number of nitrogens with zero attached hydrogens (tertiary/aromatic N) is 2. The van der Waals surface area contributed by atoms with Crippen LogP contribution in [-0.4, -0.2) is 56.3 Å². The predicted molar refractivity (Wildman–Crippen MR) is 141 cm³/mol. The minimum atomic E-state index is -3.83. The standard InChI is InChI=1S/C25H32BrN3O6S/c1-5-17(3)27-25(31)18(4)28(14-19-8-7-9-20(26)12-19)24(30)15-29(36(32,33)6-2)21-10-11-22-23(13-21)35-16-34-22/h7-13,17-18H,5-6,14-16H2,1-4H3,(H,27,31)/t17-,18-/m0/s1. The quantitative estimate of drug-likeness (QED) is 0.434. The van der Waals surface area contributed by atoms with Gasteiger partial charge >= 0.3 is 0 Å². The average Bonchev–Trinajstić information content (AvgIpc) is 3.33. The van der Waals surface area contributed by atoms with Crippen molar-refractivity contribution in [3.63, 3.8) is 0 Å². The Labute approximate surface area is 220 Å². The fourth-order valence-electron chi connectivity index (χ4n) is 3.64. The Morgan fingerprint density at radius 3 is 2.47 bits per heavy atom. The van der Waals surface area contributed by atoms with Crippen molar-refractivity contribution >= 4 is 43.5 Å².